The summed E-state index contributed by atoms with van der Waals surface area (Å²) < 4.78 is 19.3. The van der Waals surface area contributed by atoms with Gasteiger partial charge in [-0.15, -0.1) is 0 Å². The zero-order valence-corrected chi connectivity index (χ0v) is 17.7. The molecule has 1 aliphatic heterocycles. The second-order valence-electron chi connectivity index (χ2n) is 7.94. The largest absolute Gasteiger partial charge is 0.489 e. The van der Waals surface area contributed by atoms with Gasteiger partial charge in [-0.25, -0.2) is 4.39 Å². The molecule has 1 heterocycles. The van der Waals surface area contributed by atoms with E-state index < -0.39 is 0 Å². The first-order chi connectivity index (χ1) is 14.0. The summed E-state index contributed by atoms with van der Waals surface area (Å²) in [6.07, 6.45) is 0.867. The third kappa shape index (κ3) is 5.57. The van der Waals surface area contributed by atoms with E-state index in [2.05, 4.69) is 23.6 Å². The summed E-state index contributed by atoms with van der Waals surface area (Å²) in [5.41, 5.74) is 2.77. The molecule has 156 valence electrons. The van der Waals surface area contributed by atoms with E-state index >= 15 is 0 Å². The molecule has 0 amide bonds. The highest BCUT2D eigenvalue weighted by atomic mass is 19.1. The summed E-state index contributed by atoms with van der Waals surface area (Å²) in [5.74, 6) is 0.570. The zero-order valence-electron chi connectivity index (χ0n) is 17.7. The minimum absolute atomic E-state index is 0.0158. The number of halogens is 1. The molecular weight excluding hydrogens is 367 g/mol. The highest BCUT2D eigenvalue weighted by Gasteiger charge is 2.19. The number of nitrogens with zero attached hydrogens (tertiary/aromatic N) is 2. The first-order valence-corrected chi connectivity index (χ1v) is 10.5. The molecule has 0 aromatic heterocycles. The molecule has 0 saturated carbocycles. The Morgan fingerprint density at radius 3 is 2.48 bits per heavy atom. The number of hydrogen-bond donors (Lipinski definition) is 0. The van der Waals surface area contributed by atoms with E-state index in [9.17, 15) is 9.18 Å². The van der Waals surface area contributed by atoms with Gasteiger partial charge in [-0.2, -0.15) is 0 Å². The van der Waals surface area contributed by atoms with Crippen LogP contribution < -0.4 is 15.1 Å². The van der Waals surface area contributed by atoms with Crippen molar-refractivity contribution in [1.82, 2.24) is 4.90 Å². The van der Waals surface area contributed by atoms with Crippen molar-refractivity contribution in [2.24, 2.45) is 0 Å². The molecule has 3 rings (SSSR count). The average Bonchev–Trinajstić information content (AvgIpc) is 2.86. The Morgan fingerprint density at radius 1 is 1.07 bits per heavy atom. The van der Waals surface area contributed by atoms with Gasteiger partial charge in [0.05, 0.1) is 6.61 Å². The fourth-order valence-corrected chi connectivity index (χ4v) is 3.58. The Morgan fingerprint density at radius 2 is 1.83 bits per heavy atom. The predicted octanol–water partition coefficient (Wildman–Crippen LogP) is 4.42. The Hall–Kier alpha value is -2.40. The van der Waals surface area contributed by atoms with Crippen LogP contribution in [0.3, 0.4) is 0 Å². The van der Waals surface area contributed by atoms with E-state index in [1.165, 1.54) is 6.07 Å². The van der Waals surface area contributed by atoms with Crippen LogP contribution in [0.1, 0.15) is 44.2 Å². The van der Waals surface area contributed by atoms with E-state index in [1.807, 2.05) is 31.2 Å². The third-order valence-corrected chi connectivity index (χ3v) is 5.36. The fraction of sp³-hybridized carbons (Fsp3) is 0.458. The maximum absolute atomic E-state index is 13.5. The first kappa shape index (κ1) is 21.3. The normalized spacial score (nSPS) is 15.0. The van der Waals surface area contributed by atoms with Crippen LogP contribution in [0.2, 0.25) is 0 Å². The summed E-state index contributed by atoms with van der Waals surface area (Å²) in [6, 6.07) is 12.6. The molecule has 1 saturated heterocycles. The predicted molar refractivity (Wildman–Crippen MR) is 116 cm³/mol. The van der Waals surface area contributed by atoms with Crippen molar-refractivity contribution in [2.45, 2.75) is 39.7 Å². The summed E-state index contributed by atoms with van der Waals surface area (Å²) in [4.78, 5) is 17.5. The van der Waals surface area contributed by atoms with Gasteiger partial charge in [0.2, 0.25) is 5.43 Å². The van der Waals surface area contributed by atoms with E-state index in [1.54, 1.807) is 12.1 Å². The lowest BCUT2D eigenvalue weighted by Crippen LogP contribution is -2.46. The van der Waals surface area contributed by atoms with Crippen molar-refractivity contribution < 1.29 is 9.13 Å². The second-order valence-corrected chi connectivity index (χ2v) is 7.94. The summed E-state index contributed by atoms with van der Waals surface area (Å²) in [7, 11) is 0. The van der Waals surface area contributed by atoms with Gasteiger partial charge in [0, 0.05) is 44.0 Å². The molecule has 0 bridgehead atoms. The Balaban J connectivity index is 1.73. The van der Waals surface area contributed by atoms with Gasteiger partial charge in [-0.1, -0.05) is 39.0 Å². The molecule has 1 aliphatic rings. The maximum Gasteiger partial charge on any atom is 0.224 e. The standard InChI is InChI=1S/C24H31FN2O2/c1-4-14-29-23-15-19(18(2)3)8-9-20(24(23)28)17-26-10-12-27(13-11-26)22-7-5-6-21(25)16-22/h5-9,15-16,18H,4,10-14,17H2,1-3H3. The van der Waals surface area contributed by atoms with Gasteiger partial charge in [0.15, 0.2) is 5.75 Å². The maximum atomic E-state index is 13.5. The monoisotopic (exact) mass is 398 g/mol. The van der Waals surface area contributed by atoms with Crippen LogP contribution in [0, 0.1) is 5.82 Å². The molecule has 0 atom stereocenters. The van der Waals surface area contributed by atoms with E-state index in [4.69, 9.17) is 4.74 Å². The quantitative estimate of drug-likeness (QED) is 0.691. The molecule has 0 radical (unpaired) electrons. The topological polar surface area (TPSA) is 32.8 Å². The minimum atomic E-state index is -0.210. The van der Waals surface area contributed by atoms with Gasteiger partial charge >= 0.3 is 0 Å². The lowest BCUT2D eigenvalue weighted by Gasteiger charge is -2.36. The van der Waals surface area contributed by atoms with Crippen molar-refractivity contribution in [2.75, 3.05) is 37.7 Å². The van der Waals surface area contributed by atoms with Crippen LogP contribution in [-0.2, 0) is 6.54 Å². The van der Waals surface area contributed by atoms with Gasteiger partial charge in [0.25, 0.3) is 0 Å². The number of anilines is 1. The molecule has 5 heteroatoms. The lowest BCUT2D eigenvalue weighted by atomic mass is 10.1. The van der Waals surface area contributed by atoms with Gasteiger partial charge in [-0.3, -0.25) is 9.69 Å². The fourth-order valence-electron chi connectivity index (χ4n) is 3.58. The van der Waals surface area contributed by atoms with Crippen molar-refractivity contribution in [1.29, 1.82) is 0 Å². The first-order valence-electron chi connectivity index (χ1n) is 10.5. The molecule has 0 spiro atoms. The lowest BCUT2D eigenvalue weighted by molar-refractivity contribution is 0.248. The molecular formula is C24H31FN2O2. The highest BCUT2D eigenvalue weighted by Crippen LogP contribution is 2.20. The number of piperazine rings is 1. The highest BCUT2D eigenvalue weighted by molar-refractivity contribution is 5.47. The van der Waals surface area contributed by atoms with Crippen molar-refractivity contribution in [3.8, 4) is 5.75 Å². The SMILES string of the molecule is CCCOc1cc(C(C)C)ccc(CN2CCN(c3cccc(F)c3)CC2)c1=O. The average molecular weight is 399 g/mol. The van der Waals surface area contributed by atoms with Crippen LogP contribution in [0.15, 0.2) is 47.3 Å². The molecule has 2 aromatic rings. The van der Waals surface area contributed by atoms with Crippen LogP contribution in [0.25, 0.3) is 0 Å². The Bertz CT molecular complexity index is 877. The molecule has 0 unspecified atom stereocenters. The van der Waals surface area contributed by atoms with Gasteiger partial charge in [0.1, 0.15) is 5.82 Å². The van der Waals surface area contributed by atoms with Crippen LogP contribution >= 0.6 is 0 Å². The molecule has 0 aliphatic carbocycles. The Labute approximate surface area is 172 Å². The van der Waals surface area contributed by atoms with Crippen molar-refractivity contribution in [3.05, 3.63) is 69.6 Å². The van der Waals surface area contributed by atoms with E-state index in [0.717, 1.165) is 49.4 Å². The van der Waals surface area contributed by atoms with Gasteiger partial charge < -0.3 is 9.64 Å². The number of hydrogen-bond acceptors (Lipinski definition) is 4. The molecule has 1 fully saturated rings. The van der Waals surface area contributed by atoms with Crippen molar-refractivity contribution >= 4 is 5.69 Å². The molecule has 4 nitrogen and oxygen atoms in total. The number of benzene rings is 1. The minimum Gasteiger partial charge on any atom is -0.489 e. The smallest absolute Gasteiger partial charge is 0.224 e. The van der Waals surface area contributed by atoms with E-state index in [0.29, 0.717) is 24.8 Å². The summed E-state index contributed by atoms with van der Waals surface area (Å²) in [5, 5.41) is 0. The second kappa shape index (κ2) is 9.88. The third-order valence-electron chi connectivity index (χ3n) is 5.36. The van der Waals surface area contributed by atoms with Gasteiger partial charge in [-0.05, 0) is 42.2 Å². The van der Waals surface area contributed by atoms with Crippen LogP contribution in [0.5, 0.6) is 5.75 Å². The van der Waals surface area contributed by atoms with Crippen LogP contribution in [0.4, 0.5) is 10.1 Å². The van der Waals surface area contributed by atoms with E-state index in [-0.39, 0.29) is 11.2 Å². The molecule has 0 N–H and O–H groups in total. The number of rotatable bonds is 7. The molecule has 2 aromatic carbocycles. The Kier molecular flexibility index (Phi) is 7.26. The number of ether oxygens (including phenoxy) is 1. The summed E-state index contributed by atoms with van der Waals surface area (Å²) in [6.45, 7) is 10.7. The summed E-state index contributed by atoms with van der Waals surface area (Å²) >= 11 is 0. The van der Waals surface area contributed by atoms with Crippen LogP contribution in [-0.4, -0.2) is 37.7 Å². The molecule has 29 heavy (non-hydrogen) atoms. The zero-order chi connectivity index (χ0) is 20.8. The van der Waals surface area contributed by atoms with Crippen molar-refractivity contribution in [3.63, 3.8) is 0 Å².